The van der Waals surface area contributed by atoms with Gasteiger partial charge in [0.1, 0.15) is 0 Å². The maximum absolute atomic E-state index is 11.8. The van der Waals surface area contributed by atoms with Gasteiger partial charge in [0.15, 0.2) is 20.3 Å². The molecule has 0 radical (unpaired) electrons. The summed E-state index contributed by atoms with van der Waals surface area (Å²) in [4.78, 5) is 23.5. The normalized spacial score (nSPS) is 23.7. The van der Waals surface area contributed by atoms with E-state index in [1.54, 1.807) is 13.0 Å². The molecule has 0 aliphatic carbocycles. The predicted molar refractivity (Wildman–Crippen MR) is 78.6 cm³/mol. The quantitative estimate of drug-likeness (QED) is 0.791. The van der Waals surface area contributed by atoms with Crippen LogP contribution in [0.15, 0.2) is 21.2 Å². The molecule has 1 unspecified atom stereocenters. The Labute approximate surface area is 130 Å². The van der Waals surface area contributed by atoms with Crippen LogP contribution in [0.3, 0.4) is 0 Å². The van der Waals surface area contributed by atoms with Gasteiger partial charge in [-0.15, -0.1) is 0 Å². The van der Waals surface area contributed by atoms with Crippen molar-refractivity contribution in [3.05, 3.63) is 22.6 Å². The molecule has 1 saturated heterocycles. The van der Waals surface area contributed by atoms with Crippen LogP contribution in [0.4, 0.5) is 0 Å². The number of hydrogen-bond acceptors (Lipinski definition) is 5. The van der Waals surface area contributed by atoms with Crippen molar-refractivity contribution in [2.45, 2.75) is 18.9 Å². The number of amides is 2. The first-order valence-corrected chi connectivity index (χ1v) is 8.86. The van der Waals surface area contributed by atoms with Gasteiger partial charge in [0.2, 0.25) is 5.91 Å². The van der Waals surface area contributed by atoms with Crippen molar-refractivity contribution >= 4 is 37.6 Å². The van der Waals surface area contributed by atoms with Crippen molar-refractivity contribution in [2.24, 2.45) is 0 Å². The largest absolute Gasteiger partial charge is 0.444 e. The highest BCUT2D eigenvalue weighted by Gasteiger charge is 2.39. The lowest BCUT2D eigenvalue weighted by atomic mass is 10.0. The van der Waals surface area contributed by atoms with E-state index in [-0.39, 0.29) is 23.8 Å². The predicted octanol–water partition coefficient (Wildman–Crippen LogP) is 0.465. The molecule has 0 bridgehead atoms. The second kappa shape index (κ2) is 5.80. The van der Waals surface area contributed by atoms with Gasteiger partial charge in [0.05, 0.1) is 23.6 Å². The highest BCUT2D eigenvalue weighted by atomic mass is 79.9. The van der Waals surface area contributed by atoms with Gasteiger partial charge in [-0.1, -0.05) is 0 Å². The number of rotatable bonds is 4. The van der Waals surface area contributed by atoms with Crippen molar-refractivity contribution in [1.82, 2.24) is 10.6 Å². The van der Waals surface area contributed by atoms with Crippen LogP contribution >= 0.6 is 15.9 Å². The van der Waals surface area contributed by atoms with Gasteiger partial charge in [0.25, 0.3) is 5.91 Å². The van der Waals surface area contributed by atoms with Gasteiger partial charge in [0, 0.05) is 0 Å². The van der Waals surface area contributed by atoms with Gasteiger partial charge in [-0.05, 0) is 41.4 Å². The Morgan fingerprint density at radius 2 is 2.14 bits per heavy atom. The third-order valence-electron chi connectivity index (χ3n) is 3.15. The molecule has 1 aromatic rings. The number of carbonyl (C=O) groups is 2. The summed E-state index contributed by atoms with van der Waals surface area (Å²) in [5, 5.41) is 5.06. The van der Waals surface area contributed by atoms with Crippen LogP contribution < -0.4 is 10.6 Å². The van der Waals surface area contributed by atoms with E-state index in [0.717, 1.165) is 0 Å². The van der Waals surface area contributed by atoms with Crippen molar-refractivity contribution < 1.29 is 22.4 Å². The highest BCUT2D eigenvalue weighted by Crippen LogP contribution is 2.22. The average molecular weight is 379 g/mol. The van der Waals surface area contributed by atoms with Gasteiger partial charge in [-0.2, -0.15) is 0 Å². The van der Waals surface area contributed by atoms with Crippen LogP contribution in [0.25, 0.3) is 0 Å². The maximum atomic E-state index is 11.8. The standard InChI is InChI=1S/C12H15BrN2O5S/c1-12(4-5-21(18,19)7-12)15-10(16)6-14-11(17)8-2-3-9(13)20-8/h2-3H,4-7H2,1H3,(H,14,17)(H,15,16). The summed E-state index contributed by atoms with van der Waals surface area (Å²) in [5.74, 6) is -0.876. The summed E-state index contributed by atoms with van der Waals surface area (Å²) in [7, 11) is -3.09. The third-order valence-corrected chi connectivity index (χ3v) is 5.48. The summed E-state index contributed by atoms with van der Waals surface area (Å²) in [6, 6.07) is 3.04. The molecule has 1 aromatic heterocycles. The highest BCUT2D eigenvalue weighted by molar-refractivity contribution is 9.10. The molecule has 21 heavy (non-hydrogen) atoms. The molecule has 1 fully saturated rings. The summed E-state index contributed by atoms with van der Waals surface area (Å²) >= 11 is 3.07. The second-order valence-corrected chi connectivity index (χ2v) is 8.20. The summed E-state index contributed by atoms with van der Waals surface area (Å²) in [6.45, 7) is 1.44. The minimum atomic E-state index is -3.09. The fourth-order valence-corrected chi connectivity index (χ4v) is 4.57. The smallest absolute Gasteiger partial charge is 0.287 e. The minimum absolute atomic E-state index is 0.0660. The lowest BCUT2D eigenvalue weighted by Crippen LogP contribution is -2.50. The van der Waals surface area contributed by atoms with Crippen LogP contribution in [0.1, 0.15) is 23.9 Å². The topological polar surface area (TPSA) is 105 Å². The van der Waals surface area contributed by atoms with E-state index < -0.39 is 27.2 Å². The first-order chi connectivity index (χ1) is 9.69. The molecule has 2 N–H and O–H groups in total. The van der Waals surface area contributed by atoms with Crippen molar-refractivity contribution in [2.75, 3.05) is 18.1 Å². The number of halogens is 1. The van der Waals surface area contributed by atoms with Gasteiger partial charge in [-0.3, -0.25) is 9.59 Å². The van der Waals surface area contributed by atoms with E-state index in [2.05, 4.69) is 26.6 Å². The molecule has 0 aromatic carbocycles. The van der Waals surface area contributed by atoms with Crippen molar-refractivity contribution in [3.8, 4) is 0 Å². The van der Waals surface area contributed by atoms with E-state index in [4.69, 9.17) is 4.42 Å². The van der Waals surface area contributed by atoms with Gasteiger partial charge in [-0.25, -0.2) is 8.42 Å². The Hall–Kier alpha value is -1.35. The molecule has 2 heterocycles. The Balaban J connectivity index is 1.84. The molecule has 2 rings (SSSR count). The molecule has 2 amide bonds. The Morgan fingerprint density at radius 1 is 1.43 bits per heavy atom. The number of furan rings is 1. The monoisotopic (exact) mass is 378 g/mol. The molecular formula is C12H15BrN2O5S. The number of hydrogen-bond donors (Lipinski definition) is 2. The molecular weight excluding hydrogens is 364 g/mol. The summed E-state index contributed by atoms with van der Waals surface area (Å²) in [5.41, 5.74) is -0.769. The second-order valence-electron chi connectivity index (χ2n) is 5.24. The van der Waals surface area contributed by atoms with Crippen LogP contribution in [0.5, 0.6) is 0 Å². The third kappa shape index (κ3) is 4.31. The van der Waals surface area contributed by atoms with Crippen LogP contribution in [-0.2, 0) is 14.6 Å². The molecule has 7 nitrogen and oxygen atoms in total. The molecule has 1 aliphatic rings. The van der Waals surface area contributed by atoms with Crippen LogP contribution in [0, 0.1) is 0 Å². The van der Waals surface area contributed by atoms with Crippen molar-refractivity contribution in [1.29, 1.82) is 0 Å². The lowest BCUT2D eigenvalue weighted by Gasteiger charge is -2.23. The molecule has 0 spiro atoms. The molecule has 1 aliphatic heterocycles. The Bertz CT molecular complexity index is 669. The first-order valence-electron chi connectivity index (χ1n) is 6.24. The molecule has 0 saturated carbocycles. The van der Waals surface area contributed by atoms with E-state index >= 15 is 0 Å². The SMILES string of the molecule is CC1(NC(=O)CNC(=O)c2ccc(Br)o2)CCS(=O)(=O)C1. The molecule has 9 heteroatoms. The lowest BCUT2D eigenvalue weighted by molar-refractivity contribution is -0.121. The van der Waals surface area contributed by atoms with Crippen LogP contribution in [0.2, 0.25) is 0 Å². The Kier molecular flexibility index (Phi) is 4.43. The minimum Gasteiger partial charge on any atom is -0.444 e. The zero-order valence-corrected chi connectivity index (χ0v) is 13.7. The zero-order valence-electron chi connectivity index (χ0n) is 11.3. The molecule has 116 valence electrons. The Morgan fingerprint density at radius 3 is 2.67 bits per heavy atom. The van der Waals surface area contributed by atoms with Gasteiger partial charge < -0.3 is 15.1 Å². The number of carbonyl (C=O) groups excluding carboxylic acids is 2. The number of nitrogens with one attached hydrogen (secondary N) is 2. The summed E-state index contributed by atoms with van der Waals surface area (Å²) in [6.07, 6.45) is 0.375. The fraction of sp³-hybridized carbons (Fsp3) is 0.500. The first kappa shape index (κ1) is 16.0. The average Bonchev–Trinajstić information content (AvgIpc) is 2.90. The van der Waals surface area contributed by atoms with Gasteiger partial charge >= 0.3 is 0 Å². The maximum Gasteiger partial charge on any atom is 0.287 e. The zero-order chi connectivity index (χ0) is 15.7. The summed E-state index contributed by atoms with van der Waals surface area (Å²) < 4.78 is 28.4. The van der Waals surface area contributed by atoms with E-state index in [1.807, 2.05) is 0 Å². The fourth-order valence-electron chi connectivity index (χ4n) is 2.17. The number of sulfone groups is 1. The van der Waals surface area contributed by atoms with E-state index in [9.17, 15) is 18.0 Å². The van der Waals surface area contributed by atoms with Crippen molar-refractivity contribution in [3.63, 3.8) is 0 Å². The van der Waals surface area contributed by atoms with E-state index in [1.165, 1.54) is 6.07 Å². The van der Waals surface area contributed by atoms with Crippen LogP contribution in [-0.4, -0.2) is 43.8 Å². The van der Waals surface area contributed by atoms with E-state index in [0.29, 0.717) is 11.1 Å². The molecule has 1 atom stereocenters.